The maximum atomic E-state index is 12.5. The van der Waals surface area contributed by atoms with Crippen LogP contribution in [0.4, 0.5) is 5.69 Å². The molecule has 29 heavy (non-hydrogen) atoms. The molecule has 0 radical (unpaired) electrons. The lowest BCUT2D eigenvalue weighted by Crippen LogP contribution is -2.34. The minimum atomic E-state index is -3.73. The number of anilines is 1. The van der Waals surface area contributed by atoms with Crippen LogP contribution in [0.15, 0.2) is 84.0 Å². The van der Waals surface area contributed by atoms with E-state index in [1.165, 1.54) is 19.2 Å². The molecule has 3 rings (SSSR count). The molecule has 0 unspecified atom stereocenters. The van der Waals surface area contributed by atoms with Crippen molar-refractivity contribution in [1.82, 2.24) is 9.29 Å². The molecule has 1 heterocycles. The summed E-state index contributed by atoms with van der Waals surface area (Å²) in [6, 6.07) is 18.6. The van der Waals surface area contributed by atoms with Gasteiger partial charge in [-0.05, 0) is 30.3 Å². The molecule has 0 spiro atoms. The van der Waals surface area contributed by atoms with Crippen LogP contribution in [0.5, 0.6) is 5.75 Å². The maximum absolute atomic E-state index is 12.5. The van der Waals surface area contributed by atoms with Crippen LogP contribution in [0.3, 0.4) is 0 Å². The molecule has 0 fully saturated rings. The Morgan fingerprint density at radius 1 is 1.07 bits per heavy atom. The van der Waals surface area contributed by atoms with Gasteiger partial charge in [0.15, 0.2) is 0 Å². The fraction of sp³-hybridized carbons (Fsp3) is 0.143. The first-order chi connectivity index (χ1) is 13.9. The quantitative estimate of drug-likeness (QED) is 0.616. The number of carbonyl (C=O) groups excluding carboxylic acids is 1. The van der Waals surface area contributed by atoms with Crippen molar-refractivity contribution in [1.29, 1.82) is 0 Å². The van der Waals surface area contributed by atoms with Crippen LogP contribution in [-0.2, 0) is 21.4 Å². The van der Waals surface area contributed by atoms with Crippen molar-refractivity contribution in [2.75, 3.05) is 18.9 Å². The smallest absolute Gasteiger partial charge is 0.243 e. The van der Waals surface area contributed by atoms with Gasteiger partial charge in [-0.3, -0.25) is 9.78 Å². The van der Waals surface area contributed by atoms with Crippen molar-refractivity contribution in [3.8, 4) is 5.75 Å². The molecule has 0 aliphatic rings. The second-order valence-electron chi connectivity index (χ2n) is 6.30. The van der Waals surface area contributed by atoms with E-state index in [0.717, 1.165) is 9.87 Å². The molecule has 0 saturated heterocycles. The first-order valence-corrected chi connectivity index (χ1v) is 10.3. The number of likely N-dealkylation sites (N-methyl/N-ethyl adjacent to an activating group) is 1. The van der Waals surface area contributed by atoms with Crippen molar-refractivity contribution >= 4 is 21.6 Å². The van der Waals surface area contributed by atoms with E-state index >= 15 is 0 Å². The van der Waals surface area contributed by atoms with E-state index in [4.69, 9.17) is 4.74 Å². The summed E-state index contributed by atoms with van der Waals surface area (Å²) < 4.78 is 31.8. The van der Waals surface area contributed by atoms with Gasteiger partial charge in [-0.2, -0.15) is 4.31 Å². The highest BCUT2D eigenvalue weighted by Gasteiger charge is 2.22. The Morgan fingerprint density at radius 3 is 2.59 bits per heavy atom. The van der Waals surface area contributed by atoms with Gasteiger partial charge < -0.3 is 10.1 Å². The van der Waals surface area contributed by atoms with E-state index in [1.54, 1.807) is 54.9 Å². The first-order valence-electron chi connectivity index (χ1n) is 8.88. The zero-order chi connectivity index (χ0) is 20.7. The highest BCUT2D eigenvalue weighted by molar-refractivity contribution is 7.89. The SMILES string of the molecule is CN(CC(=O)Nc1cccc(OCc2cccnc2)c1)S(=O)(=O)c1ccccc1. The Kier molecular flexibility index (Phi) is 6.58. The predicted molar refractivity (Wildman–Crippen MR) is 110 cm³/mol. The number of amides is 1. The van der Waals surface area contributed by atoms with E-state index < -0.39 is 15.9 Å². The van der Waals surface area contributed by atoms with E-state index in [2.05, 4.69) is 10.3 Å². The van der Waals surface area contributed by atoms with Crippen molar-refractivity contribution in [3.63, 3.8) is 0 Å². The third-order valence-electron chi connectivity index (χ3n) is 4.06. The Hall–Kier alpha value is -3.23. The van der Waals surface area contributed by atoms with Gasteiger partial charge >= 0.3 is 0 Å². The van der Waals surface area contributed by atoms with Gasteiger partial charge in [0.1, 0.15) is 12.4 Å². The molecule has 0 aliphatic heterocycles. The first kappa shape index (κ1) is 20.5. The molecular weight excluding hydrogens is 390 g/mol. The Labute approximate surface area is 170 Å². The number of hydrogen-bond acceptors (Lipinski definition) is 5. The largest absolute Gasteiger partial charge is 0.489 e. The lowest BCUT2D eigenvalue weighted by Gasteiger charge is -2.17. The maximum Gasteiger partial charge on any atom is 0.243 e. The van der Waals surface area contributed by atoms with Crippen LogP contribution in [0.1, 0.15) is 5.56 Å². The van der Waals surface area contributed by atoms with Crippen molar-refractivity contribution < 1.29 is 17.9 Å². The van der Waals surface area contributed by atoms with Crippen molar-refractivity contribution in [3.05, 3.63) is 84.7 Å². The molecule has 0 bridgehead atoms. The summed E-state index contributed by atoms with van der Waals surface area (Å²) in [4.78, 5) is 16.5. The lowest BCUT2D eigenvalue weighted by atomic mass is 10.3. The normalized spacial score (nSPS) is 11.2. The molecule has 150 valence electrons. The fourth-order valence-electron chi connectivity index (χ4n) is 2.57. The van der Waals surface area contributed by atoms with Crippen LogP contribution in [0.2, 0.25) is 0 Å². The van der Waals surface area contributed by atoms with E-state index in [0.29, 0.717) is 18.0 Å². The fourth-order valence-corrected chi connectivity index (χ4v) is 3.72. The summed E-state index contributed by atoms with van der Waals surface area (Å²) in [5.74, 6) is 0.133. The standard InChI is InChI=1S/C21H21N3O4S/c1-24(29(26,27)20-10-3-2-4-11-20)15-21(25)23-18-8-5-9-19(13-18)28-16-17-7-6-12-22-14-17/h2-14H,15-16H2,1H3,(H,23,25). The van der Waals surface area contributed by atoms with E-state index in [-0.39, 0.29) is 11.4 Å². The average Bonchev–Trinajstić information content (AvgIpc) is 2.74. The van der Waals surface area contributed by atoms with Crippen LogP contribution in [0.25, 0.3) is 0 Å². The zero-order valence-corrected chi connectivity index (χ0v) is 16.7. The number of sulfonamides is 1. The summed E-state index contributed by atoms with van der Waals surface area (Å²) in [6.07, 6.45) is 3.41. The highest BCUT2D eigenvalue weighted by atomic mass is 32.2. The third kappa shape index (κ3) is 5.63. The van der Waals surface area contributed by atoms with Crippen molar-refractivity contribution in [2.45, 2.75) is 11.5 Å². The molecule has 0 aliphatic carbocycles. The van der Waals surface area contributed by atoms with Crippen molar-refractivity contribution in [2.24, 2.45) is 0 Å². The zero-order valence-electron chi connectivity index (χ0n) is 15.9. The number of nitrogens with zero attached hydrogens (tertiary/aromatic N) is 2. The topological polar surface area (TPSA) is 88.6 Å². The van der Waals surface area contributed by atoms with E-state index in [1.807, 2.05) is 12.1 Å². The molecule has 0 atom stereocenters. The number of aromatic nitrogens is 1. The molecule has 1 aromatic heterocycles. The van der Waals surface area contributed by atoms with Gasteiger partial charge in [0.25, 0.3) is 0 Å². The Balaban J connectivity index is 1.59. The monoisotopic (exact) mass is 411 g/mol. The number of benzene rings is 2. The summed E-state index contributed by atoms with van der Waals surface area (Å²) in [5.41, 5.74) is 1.44. The third-order valence-corrected chi connectivity index (χ3v) is 5.88. The van der Waals surface area contributed by atoms with Crippen LogP contribution in [0, 0.1) is 0 Å². The van der Waals surface area contributed by atoms with Gasteiger partial charge in [0, 0.05) is 36.8 Å². The number of hydrogen-bond donors (Lipinski definition) is 1. The minimum absolute atomic E-state index is 0.140. The second-order valence-corrected chi connectivity index (χ2v) is 8.34. The molecule has 1 N–H and O–H groups in total. The molecule has 1 amide bonds. The molecule has 2 aromatic carbocycles. The second kappa shape index (κ2) is 9.31. The van der Waals surface area contributed by atoms with Gasteiger partial charge in [-0.15, -0.1) is 0 Å². The molecule has 3 aromatic rings. The van der Waals surface area contributed by atoms with Gasteiger partial charge in [-0.1, -0.05) is 30.3 Å². The van der Waals surface area contributed by atoms with Gasteiger partial charge in [0.2, 0.25) is 15.9 Å². The summed E-state index contributed by atoms with van der Waals surface area (Å²) in [6.45, 7) is 0.0430. The number of ether oxygens (including phenoxy) is 1. The number of carbonyl (C=O) groups is 1. The van der Waals surface area contributed by atoms with Gasteiger partial charge in [-0.25, -0.2) is 8.42 Å². The van der Waals surface area contributed by atoms with Crippen LogP contribution in [-0.4, -0.2) is 37.2 Å². The Morgan fingerprint density at radius 2 is 1.86 bits per heavy atom. The average molecular weight is 411 g/mol. The number of pyridine rings is 1. The molecule has 8 heteroatoms. The lowest BCUT2D eigenvalue weighted by molar-refractivity contribution is -0.116. The van der Waals surface area contributed by atoms with E-state index in [9.17, 15) is 13.2 Å². The number of rotatable bonds is 8. The molecule has 0 saturated carbocycles. The summed E-state index contributed by atoms with van der Waals surface area (Å²) >= 11 is 0. The predicted octanol–water partition coefficient (Wildman–Crippen LogP) is 2.92. The molecule has 7 nitrogen and oxygen atoms in total. The molecular formula is C21H21N3O4S. The Bertz CT molecular complexity index is 1060. The minimum Gasteiger partial charge on any atom is -0.489 e. The number of nitrogens with one attached hydrogen (secondary N) is 1. The highest BCUT2D eigenvalue weighted by Crippen LogP contribution is 2.19. The van der Waals surface area contributed by atoms with Crippen LogP contribution >= 0.6 is 0 Å². The van der Waals surface area contributed by atoms with Gasteiger partial charge in [0.05, 0.1) is 11.4 Å². The van der Waals surface area contributed by atoms with Crippen LogP contribution < -0.4 is 10.1 Å². The summed E-state index contributed by atoms with van der Waals surface area (Å²) in [5, 5.41) is 2.70. The summed E-state index contributed by atoms with van der Waals surface area (Å²) in [7, 11) is -2.36.